The third-order valence-electron chi connectivity index (χ3n) is 27.3. The van der Waals surface area contributed by atoms with E-state index in [1.54, 1.807) is 0 Å². The average molecular weight is 1640 g/mol. The van der Waals surface area contributed by atoms with Crippen molar-refractivity contribution in [2.75, 3.05) is 0 Å². The Morgan fingerprint density at radius 3 is 0.615 bits per heavy atom. The lowest BCUT2D eigenvalue weighted by molar-refractivity contribution is 1.53. The molecule has 0 saturated carbocycles. The van der Waals surface area contributed by atoms with Gasteiger partial charge in [0.2, 0.25) is 0 Å². The van der Waals surface area contributed by atoms with E-state index in [0.717, 1.165) is 187 Å². The molecule has 0 aliphatic rings. The van der Waals surface area contributed by atoms with Gasteiger partial charge in [-0.15, -0.1) is 0 Å². The molecule has 0 heterocycles. The quantitative estimate of drug-likeness (QED) is 0.0952. The molecule has 0 aliphatic carbocycles. The van der Waals surface area contributed by atoms with Crippen LogP contribution in [0.3, 0.4) is 0 Å². The Balaban J connectivity index is 0.908. The van der Waals surface area contributed by atoms with E-state index in [-0.39, 0.29) is 0 Å². The van der Waals surface area contributed by atoms with Crippen LogP contribution in [0.2, 0.25) is 0 Å². The summed E-state index contributed by atoms with van der Waals surface area (Å²) in [7, 11) is 0. The minimum atomic E-state index is 1.08. The van der Waals surface area contributed by atoms with Crippen molar-refractivity contribution in [3.05, 3.63) is 497 Å². The number of hydrogen-bond donors (Lipinski definition) is 0. The summed E-state index contributed by atoms with van der Waals surface area (Å²) < 4.78 is 0. The first kappa shape index (κ1) is 75.6. The van der Waals surface area contributed by atoms with Crippen LogP contribution < -0.4 is 0 Å². The zero-order valence-electron chi connectivity index (χ0n) is 71.3. The molecule has 0 nitrogen and oxygen atoms in total. The second kappa shape index (κ2) is 31.6. The van der Waals surface area contributed by atoms with Gasteiger partial charge in [-0.25, -0.2) is 0 Å². The summed E-state index contributed by atoms with van der Waals surface area (Å²) in [6.07, 6.45) is 0. The van der Waals surface area contributed by atoms with Crippen molar-refractivity contribution in [2.45, 2.75) is 0 Å². The monoisotopic (exact) mass is 1640 g/mol. The van der Waals surface area contributed by atoms with Crippen molar-refractivity contribution in [3.8, 4) is 156 Å². The summed E-state index contributed by atoms with van der Waals surface area (Å²) >= 11 is 0. The average Bonchev–Trinajstić information content (AvgIpc) is 0.699. The second-order valence-electron chi connectivity index (χ2n) is 34.8. The summed E-state index contributed by atoms with van der Waals surface area (Å²) in [4.78, 5) is 0. The Hall–Kier alpha value is -16.9. The lowest BCUT2D eigenvalue weighted by Gasteiger charge is -2.30. The van der Waals surface area contributed by atoms with Crippen molar-refractivity contribution in [1.29, 1.82) is 0 Å². The van der Waals surface area contributed by atoms with E-state index in [1.165, 1.54) is 76.1 Å². The van der Waals surface area contributed by atoms with E-state index in [0.29, 0.717) is 0 Å². The molecule has 0 fully saturated rings. The molecule has 0 atom stereocenters. The molecule has 130 heavy (non-hydrogen) atoms. The molecule has 0 unspecified atom stereocenters. The molecule has 0 radical (unpaired) electrons. The van der Waals surface area contributed by atoms with Crippen molar-refractivity contribution < 1.29 is 0 Å². The lowest BCUT2D eigenvalue weighted by Crippen LogP contribution is -2.03. The first-order valence-corrected chi connectivity index (χ1v) is 45.1. The number of rotatable bonds is 14. The Morgan fingerprint density at radius 1 is 0.0769 bits per heavy atom. The third-order valence-corrected chi connectivity index (χ3v) is 27.3. The zero-order chi connectivity index (χ0) is 85.7. The minimum Gasteiger partial charge on any atom is -0.0622 e. The smallest absolute Gasteiger partial charge is 0.00134 e. The van der Waals surface area contributed by atoms with Gasteiger partial charge >= 0.3 is 0 Å². The lowest BCUT2D eigenvalue weighted by atomic mass is 9.72. The molecular weight excluding hydrogens is 1560 g/mol. The topological polar surface area (TPSA) is 0 Å². The Morgan fingerprint density at radius 2 is 0.277 bits per heavy atom. The van der Waals surface area contributed by atoms with E-state index < -0.39 is 0 Å². The second-order valence-corrected chi connectivity index (χ2v) is 34.8. The molecule has 0 aromatic heterocycles. The van der Waals surface area contributed by atoms with E-state index in [1.807, 2.05) is 0 Å². The van der Waals surface area contributed by atoms with Crippen LogP contribution in [0.1, 0.15) is 0 Å². The van der Waals surface area contributed by atoms with Gasteiger partial charge in [0.25, 0.3) is 0 Å². The normalized spacial score (nSPS) is 11.7. The summed E-state index contributed by atoms with van der Waals surface area (Å²) in [5.74, 6) is 0. The van der Waals surface area contributed by atoms with Crippen LogP contribution in [-0.4, -0.2) is 0 Å². The SMILES string of the molecule is c1ccc(-c2cccc(-c3cc(-c4c(-c5ccc6cc(-c7ccccc7)ccc6c5)c(-c5cc(-c6cccc(-c7ccccc7)c6)c6ccc(-c7ccccc7)cc6c5)c(-c5ccc6c(ccc7c8ccccc8ccc67)c5)c(-c5ccc6c(ccc7c8ccccc8ccc67)c5)c4-c4ccc5cc(-c6ccccc6)ccc5c4)cc4cc(-c5ccccc5)ccc34)c2)cc1. The van der Waals surface area contributed by atoms with Crippen LogP contribution in [0.4, 0.5) is 0 Å². The van der Waals surface area contributed by atoms with Gasteiger partial charge in [0, 0.05) is 0 Å². The van der Waals surface area contributed by atoms with Crippen LogP contribution in [0, 0.1) is 0 Å². The van der Waals surface area contributed by atoms with E-state index in [4.69, 9.17) is 0 Å². The van der Waals surface area contributed by atoms with E-state index in [2.05, 4.69) is 497 Å². The number of fused-ring (bicyclic) bond motifs is 14. The van der Waals surface area contributed by atoms with Crippen molar-refractivity contribution in [3.63, 3.8) is 0 Å². The van der Waals surface area contributed by atoms with Crippen LogP contribution >= 0.6 is 0 Å². The Bertz CT molecular complexity index is 8850. The van der Waals surface area contributed by atoms with Gasteiger partial charge in [-0.3, -0.25) is 0 Å². The Labute approximate surface area is 755 Å². The fourth-order valence-electron chi connectivity index (χ4n) is 21.0. The number of hydrogen-bond acceptors (Lipinski definition) is 0. The fourth-order valence-corrected chi connectivity index (χ4v) is 21.0. The van der Waals surface area contributed by atoms with Crippen LogP contribution in [-0.2, 0) is 0 Å². The predicted octanol–water partition coefficient (Wildman–Crippen LogP) is 36.6. The molecule has 0 spiro atoms. The summed E-state index contributed by atoms with van der Waals surface area (Å²) in [5, 5.41) is 23.7. The van der Waals surface area contributed by atoms with Crippen LogP contribution in [0.15, 0.2) is 497 Å². The highest BCUT2D eigenvalue weighted by molar-refractivity contribution is 6.24. The van der Waals surface area contributed by atoms with Crippen molar-refractivity contribution in [1.82, 2.24) is 0 Å². The molecule has 0 aliphatic heterocycles. The highest BCUT2D eigenvalue weighted by Gasteiger charge is 2.32. The summed E-state index contributed by atoms with van der Waals surface area (Å²) in [5.41, 5.74) is 31.6. The van der Waals surface area contributed by atoms with E-state index >= 15 is 0 Å². The summed E-state index contributed by atoms with van der Waals surface area (Å²) in [6.45, 7) is 0. The highest BCUT2D eigenvalue weighted by Crippen LogP contribution is 2.59. The van der Waals surface area contributed by atoms with Crippen molar-refractivity contribution >= 4 is 108 Å². The molecular formula is C130H82. The summed E-state index contributed by atoms with van der Waals surface area (Å²) in [6, 6.07) is 189. The van der Waals surface area contributed by atoms with Gasteiger partial charge in [-0.1, -0.05) is 413 Å². The minimum absolute atomic E-state index is 1.08. The fraction of sp³-hybridized carbons (Fsp3) is 0. The standard InChI is InChI=1S/C130H82/c1-7-25-83(26-8-1)91-39-23-41-101(71-91)123-81-111(79-109-75-95(55-61-117(109)123)87-33-15-5-16-34-87)129-126(105-51-49-97-69-93(45-47-99(97)73-105)85-29-11-3-12-30-85)125(107-59-63-115-103(77-107)57-67-119-113-43-21-19-37-89(113)53-65-121(115)119)127(108-60-64-116-104(78-108)58-68-120-114-44-22-20-38-90(114)54-66-122(116)120)130(128(129)106-52-50-98-70-94(46-48-100(98)74-106)86-31-13-4-14-32-86)112-80-110-76-96(88-35-17-6-18-36-88)56-62-118(110)124(82-112)102-42-24-40-92(72-102)84-27-9-2-10-28-84/h1-82H. The zero-order valence-corrected chi connectivity index (χ0v) is 71.3. The molecule has 602 valence electrons. The first-order chi connectivity index (χ1) is 64.4. The van der Waals surface area contributed by atoms with Gasteiger partial charge in [0.05, 0.1) is 0 Å². The molecule has 25 aromatic carbocycles. The maximum atomic E-state index is 2.57. The molecule has 0 bridgehead atoms. The Kier molecular flexibility index (Phi) is 18.4. The maximum absolute atomic E-state index is 2.57. The predicted molar refractivity (Wildman–Crippen MR) is 558 cm³/mol. The van der Waals surface area contributed by atoms with E-state index in [9.17, 15) is 0 Å². The molecule has 25 aromatic rings. The van der Waals surface area contributed by atoms with Gasteiger partial charge in [-0.05, 0) is 348 Å². The molecule has 0 N–H and O–H groups in total. The third kappa shape index (κ3) is 13.4. The van der Waals surface area contributed by atoms with Gasteiger partial charge in [-0.2, -0.15) is 0 Å². The van der Waals surface area contributed by atoms with Crippen LogP contribution in [0.25, 0.3) is 264 Å². The largest absolute Gasteiger partial charge is 0.0622 e. The number of benzene rings is 25. The van der Waals surface area contributed by atoms with Gasteiger partial charge in [0.1, 0.15) is 0 Å². The first-order valence-electron chi connectivity index (χ1n) is 45.1. The van der Waals surface area contributed by atoms with Gasteiger partial charge in [0.15, 0.2) is 0 Å². The van der Waals surface area contributed by atoms with Gasteiger partial charge < -0.3 is 0 Å². The highest BCUT2D eigenvalue weighted by atomic mass is 14.4. The maximum Gasteiger partial charge on any atom is -0.00134 e. The molecule has 25 rings (SSSR count). The van der Waals surface area contributed by atoms with Crippen LogP contribution in [0.5, 0.6) is 0 Å². The molecule has 0 saturated heterocycles. The molecule has 0 heteroatoms. The molecule has 0 amide bonds. The van der Waals surface area contributed by atoms with Crippen molar-refractivity contribution in [2.24, 2.45) is 0 Å².